The number of nitrogens with two attached hydrogens (primary N) is 1. The number of aryl methyl sites for hydroxylation is 1. The molecule has 0 radical (unpaired) electrons. The molecular formula is C15H23N. The third kappa shape index (κ3) is 1.67. The van der Waals surface area contributed by atoms with E-state index in [4.69, 9.17) is 5.73 Å². The Bertz CT molecular complexity index is 354. The van der Waals surface area contributed by atoms with E-state index >= 15 is 0 Å². The Balaban J connectivity index is 2.19. The third-order valence-electron chi connectivity index (χ3n) is 4.68. The van der Waals surface area contributed by atoms with Gasteiger partial charge in [-0.25, -0.2) is 0 Å². The van der Waals surface area contributed by atoms with Gasteiger partial charge in [0.15, 0.2) is 0 Å². The zero-order valence-electron chi connectivity index (χ0n) is 10.7. The first kappa shape index (κ1) is 11.7. The van der Waals surface area contributed by atoms with Crippen LogP contribution in [-0.2, 0) is 6.42 Å². The molecule has 0 amide bonds. The maximum absolute atomic E-state index is 6.15. The van der Waals surface area contributed by atoms with Crippen LogP contribution in [0.15, 0.2) is 24.3 Å². The van der Waals surface area contributed by atoms with E-state index < -0.39 is 0 Å². The van der Waals surface area contributed by atoms with E-state index in [1.807, 2.05) is 0 Å². The Labute approximate surface area is 99.0 Å². The first-order valence-electron chi connectivity index (χ1n) is 6.46. The van der Waals surface area contributed by atoms with Gasteiger partial charge in [-0.3, -0.25) is 0 Å². The molecule has 1 fully saturated rings. The van der Waals surface area contributed by atoms with Crippen molar-refractivity contribution in [2.24, 2.45) is 11.1 Å². The lowest BCUT2D eigenvalue weighted by molar-refractivity contribution is 0.0706. The third-order valence-corrected chi connectivity index (χ3v) is 4.68. The van der Waals surface area contributed by atoms with E-state index in [0.29, 0.717) is 17.4 Å². The van der Waals surface area contributed by atoms with E-state index in [-0.39, 0.29) is 0 Å². The van der Waals surface area contributed by atoms with Crippen LogP contribution in [0.3, 0.4) is 0 Å². The molecule has 2 N–H and O–H groups in total. The molecule has 88 valence electrons. The predicted octanol–water partition coefficient (Wildman–Crippen LogP) is 3.48. The fourth-order valence-corrected chi connectivity index (χ4v) is 2.90. The summed E-state index contributed by atoms with van der Waals surface area (Å²) >= 11 is 0. The van der Waals surface area contributed by atoms with Gasteiger partial charge in [0, 0.05) is 6.04 Å². The van der Waals surface area contributed by atoms with Crippen LogP contribution in [-0.4, -0.2) is 6.04 Å². The van der Waals surface area contributed by atoms with Gasteiger partial charge in [0.05, 0.1) is 0 Å². The first-order chi connectivity index (χ1) is 7.61. The van der Waals surface area contributed by atoms with Crippen molar-refractivity contribution in [1.29, 1.82) is 0 Å². The van der Waals surface area contributed by atoms with E-state index in [1.165, 1.54) is 17.5 Å². The van der Waals surface area contributed by atoms with Crippen molar-refractivity contribution in [2.45, 2.75) is 52.0 Å². The molecular weight excluding hydrogens is 194 g/mol. The van der Waals surface area contributed by atoms with E-state index in [9.17, 15) is 0 Å². The minimum atomic E-state index is 0.313. The fourth-order valence-electron chi connectivity index (χ4n) is 2.90. The maximum Gasteiger partial charge on any atom is 0.0105 e. The van der Waals surface area contributed by atoms with Crippen LogP contribution in [0.25, 0.3) is 0 Å². The monoisotopic (exact) mass is 217 g/mol. The maximum atomic E-state index is 6.15. The summed E-state index contributed by atoms with van der Waals surface area (Å²) in [5, 5.41) is 0. The Kier molecular flexibility index (Phi) is 3.07. The Morgan fingerprint density at radius 1 is 1.25 bits per heavy atom. The molecule has 1 nitrogen and oxygen atoms in total. The van der Waals surface area contributed by atoms with Crippen LogP contribution in [0, 0.1) is 5.41 Å². The smallest absolute Gasteiger partial charge is 0.0105 e. The van der Waals surface area contributed by atoms with Crippen molar-refractivity contribution in [3.63, 3.8) is 0 Å². The minimum Gasteiger partial charge on any atom is -0.327 e. The summed E-state index contributed by atoms with van der Waals surface area (Å²) in [6.07, 6.45) is 3.44. The second-order valence-corrected chi connectivity index (χ2v) is 5.35. The van der Waals surface area contributed by atoms with Crippen molar-refractivity contribution >= 4 is 0 Å². The lowest BCUT2D eigenvalue weighted by Crippen LogP contribution is -2.54. The highest BCUT2D eigenvalue weighted by atomic mass is 14.8. The minimum absolute atomic E-state index is 0.313. The summed E-state index contributed by atoms with van der Waals surface area (Å²) in [5.74, 6) is 0.665. The molecule has 1 heteroatoms. The van der Waals surface area contributed by atoms with Crippen LogP contribution < -0.4 is 5.73 Å². The van der Waals surface area contributed by atoms with Crippen molar-refractivity contribution < 1.29 is 0 Å². The lowest BCUT2D eigenvalue weighted by Gasteiger charge is -2.53. The Hall–Kier alpha value is -0.820. The molecule has 3 unspecified atom stereocenters. The number of benzene rings is 1. The SMILES string of the molecule is CCc1ccc(C2CC(N)C2(C)CC)cc1. The van der Waals surface area contributed by atoms with Crippen LogP contribution in [0.5, 0.6) is 0 Å². The molecule has 1 aromatic carbocycles. The molecule has 0 saturated heterocycles. The molecule has 1 aliphatic rings. The molecule has 16 heavy (non-hydrogen) atoms. The normalized spacial score (nSPS) is 33.5. The molecule has 0 aliphatic heterocycles. The van der Waals surface area contributed by atoms with Gasteiger partial charge < -0.3 is 5.73 Å². The van der Waals surface area contributed by atoms with E-state index in [1.54, 1.807) is 0 Å². The Morgan fingerprint density at radius 3 is 2.31 bits per heavy atom. The summed E-state index contributed by atoms with van der Waals surface area (Å²) in [6.45, 7) is 6.79. The van der Waals surface area contributed by atoms with Gasteiger partial charge in [0.2, 0.25) is 0 Å². The highest BCUT2D eigenvalue weighted by Crippen LogP contribution is 2.53. The molecule has 0 bridgehead atoms. The van der Waals surface area contributed by atoms with Gasteiger partial charge in [-0.1, -0.05) is 45.0 Å². The molecule has 0 heterocycles. The molecule has 1 saturated carbocycles. The quantitative estimate of drug-likeness (QED) is 0.824. The van der Waals surface area contributed by atoms with Crippen molar-refractivity contribution in [2.75, 3.05) is 0 Å². The highest BCUT2D eigenvalue weighted by Gasteiger charge is 2.48. The molecule has 0 aromatic heterocycles. The van der Waals surface area contributed by atoms with Gasteiger partial charge in [0.1, 0.15) is 0 Å². The van der Waals surface area contributed by atoms with Crippen molar-refractivity contribution in [3.05, 3.63) is 35.4 Å². The summed E-state index contributed by atoms with van der Waals surface area (Å²) in [6, 6.07) is 9.49. The standard InChI is InChI=1S/C15H23N/c1-4-11-6-8-12(9-7-11)13-10-14(16)15(13,3)5-2/h6-9,13-14H,4-5,10,16H2,1-3H3. The second kappa shape index (κ2) is 4.21. The van der Waals surface area contributed by atoms with Gasteiger partial charge >= 0.3 is 0 Å². The molecule has 1 aliphatic carbocycles. The van der Waals surface area contributed by atoms with Crippen molar-refractivity contribution in [1.82, 2.24) is 0 Å². The summed E-state index contributed by atoms with van der Waals surface area (Å²) < 4.78 is 0. The average Bonchev–Trinajstić information content (AvgIpc) is 2.35. The van der Waals surface area contributed by atoms with Gasteiger partial charge in [-0.2, -0.15) is 0 Å². The first-order valence-corrected chi connectivity index (χ1v) is 6.46. The topological polar surface area (TPSA) is 26.0 Å². The second-order valence-electron chi connectivity index (χ2n) is 5.35. The van der Waals surface area contributed by atoms with Gasteiger partial charge in [0.25, 0.3) is 0 Å². The molecule has 1 aromatic rings. The van der Waals surface area contributed by atoms with Crippen LogP contribution in [0.4, 0.5) is 0 Å². The molecule has 3 atom stereocenters. The zero-order chi connectivity index (χ0) is 11.8. The predicted molar refractivity (Wildman–Crippen MR) is 69.6 cm³/mol. The van der Waals surface area contributed by atoms with Crippen LogP contribution in [0.1, 0.15) is 50.7 Å². The van der Waals surface area contributed by atoms with E-state index in [2.05, 4.69) is 45.0 Å². The zero-order valence-corrected chi connectivity index (χ0v) is 10.7. The molecule has 2 rings (SSSR count). The fraction of sp³-hybridized carbons (Fsp3) is 0.600. The lowest BCUT2D eigenvalue weighted by atomic mass is 9.54. The number of hydrogen-bond donors (Lipinski definition) is 1. The largest absolute Gasteiger partial charge is 0.327 e. The number of rotatable bonds is 3. The summed E-state index contributed by atoms with van der Waals surface area (Å²) in [5.41, 5.74) is 9.36. The highest BCUT2D eigenvalue weighted by molar-refractivity contribution is 5.30. The van der Waals surface area contributed by atoms with Crippen LogP contribution in [0.2, 0.25) is 0 Å². The van der Waals surface area contributed by atoms with Crippen molar-refractivity contribution in [3.8, 4) is 0 Å². The Morgan fingerprint density at radius 2 is 1.88 bits per heavy atom. The average molecular weight is 217 g/mol. The molecule has 0 spiro atoms. The van der Waals surface area contributed by atoms with Crippen LogP contribution >= 0.6 is 0 Å². The van der Waals surface area contributed by atoms with E-state index in [0.717, 1.165) is 12.8 Å². The summed E-state index contributed by atoms with van der Waals surface area (Å²) in [4.78, 5) is 0. The van der Waals surface area contributed by atoms with Gasteiger partial charge in [-0.15, -0.1) is 0 Å². The summed E-state index contributed by atoms with van der Waals surface area (Å²) in [7, 11) is 0. The number of hydrogen-bond acceptors (Lipinski definition) is 1. The van der Waals surface area contributed by atoms with Gasteiger partial charge in [-0.05, 0) is 41.7 Å².